The number of carbonyl (C=O) groups is 1. The number of carbonyl (C=O) groups excluding carboxylic acids is 1. The van der Waals surface area contributed by atoms with Gasteiger partial charge in [0.25, 0.3) is 5.91 Å². The molecule has 0 radical (unpaired) electrons. The Hall–Kier alpha value is -2.21. The molecular formula is C15H18N4O2. The second kappa shape index (κ2) is 5.29. The van der Waals surface area contributed by atoms with Crippen LogP contribution in [-0.2, 0) is 0 Å². The summed E-state index contributed by atoms with van der Waals surface area (Å²) in [7, 11) is 0. The van der Waals surface area contributed by atoms with Gasteiger partial charge >= 0.3 is 0 Å². The van der Waals surface area contributed by atoms with Crippen molar-refractivity contribution in [3.05, 3.63) is 35.7 Å². The average molecular weight is 286 g/mol. The number of hydrogen-bond acceptors (Lipinski definition) is 4. The standard InChI is InChI=1S/C15H18N4O2/c1-10-17-13(19-18-10)11-2-4-12(5-3-11)14(21)16-8-15(9-20)6-7-15/h2-5,20H,6-9H2,1H3,(H,16,21)(H,17,18,19). The fourth-order valence-electron chi connectivity index (χ4n) is 2.18. The van der Waals surface area contributed by atoms with Gasteiger partial charge in [0.15, 0.2) is 5.82 Å². The second-order valence-corrected chi connectivity index (χ2v) is 5.66. The number of aromatic nitrogens is 3. The Balaban J connectivity index is 1.65. The highest BCUT2D eigenvalue weighted by Gasteiger charge is 2.42. The maximum Gasteiger partial charge on any atom is 0.251 e. The molecule has 1 aromatic heterocycles. The number of aliphatic hydroxyl groups is 1. The molecule has 6 heteroatoms. The summed E-state index contributed by atoms with van der Waals surface area (Å²) in [5, 5.41) is 19.0. The van der Waals surface area contributed by atoms with Crippen molar-refractivity contribution in [2.75, 3.05) is 13.2 Å². The van der Waals surface area contributed by atoms with Gasteiger partial charge in [0.2, 0.25) is 0 Å². The predicted molar refractivity (Wildman–Crippen MR) is 77.6 cm³/mol. The molecule has 3 rings (SSSR count). The monoisotopic (exact) mass is 286 g/mol. The first-order valence-electron chi connectivity index (χ1n) is 7.00. The summed E-state index contributed by atoms with van der Waals surface area (Å²) in [5.74, 6) is 1.26. The van der Waals surface area contributed by atoms with E-state index in [4.69, 9.17) is 0 Å². The topological polar surface area (TPSA) is 90.9 Å². The number of nitrogens with one attached hydrogen (secondary N) is 2. The summed E-state index contributed by atoms with van der Waals surface area (Å²) >= 11 is 0. The van der Waals surface area contributed by atoms with Crippen LogP contribution in [0.3, 0.4) is 0 Å². The average Bonchev–Trinajstić information content (AvgIpc) is 3.18. The van der Waals surface area contributed by atoms with E-state index in [2.05, 4.69) is 20.5 Å². The van der Waals surface area contributed by atoms with Crippen molar-refractivity contribution in [2.45, 2.75) is 19.8 Å². The van der Waals surface area contributed by atoms with Crippen LogP contribution in [0.2, 0.25) is 0 Å². The van der Waals surface area contributed by atoms with Gasteiger partial charge in [-0.15, -0.1) is 0 Å². The quantitative estimate of drug-likeness (QED) is 0.772. The lowest BCUT2D eigenvalue weighted by molar-refractivity contribution is 0.0935. The Kier molecular flexibility index (Phi) is 3.47. The van der Waals surface area contributed by atoms with Gasteiger partial charge in [0.05, 0.1) is 6.61 Å². The number of aromatic amines is 1. The molecule has 1 saturated carbocycles. The third-order valence-electron chi connectivity index (χ3n) is 3.92. The van der Waals surface area contributed by atoms with E-state index in [-0.39, 0.29) is 17.9 Å². The Morgan fingerprint density at radius 1 is 1.38 bits per heavy atom. The number of H-pyrrole nitrogens is 1. The zero-order valence-electron chi connectivity index (χ0n) is 11.9. The van der Waals surface area contributed by atoms with Gasteiger partial charge in [-0.3, -0.25) is 9.89 Å². The van der Waals surface area contributed by atoms with E-state index in [0.717, 1.165) is 24.2 Å². The number of aliphatic hydroxyl groups excluding tert-OH is 1. The third kappa shape index (κ3) is 2.95. The van der Waals surface area contributed by atoms with Crippen molar-refractivity contribution < 1.29 is 9.90 Å². The summed E-state index contributed by atoms with van der Waals surface area (Å²) in [5.41, 5.74) is 1.39. The molecule has 0 saturated heterocycles. The SMILES string of the molecule is Cc1nc(-c2ccc(C(=O)NCC3(CO)CC3)cc2)n[nH]1. The van der Waals surface area contributed by atoms with Crippen molar-refractivity contribution in [3.63, 3.8) is 0 Å². The van der Waals surface area contributed by atoms with Gasteiger partial charge in [-0.25, -0.2) is 4.98 Å². The van der Waals surface area contributed by atoms with E-state index in [1.807, 2.05) is 19.1 Å². The first-order valence-corrected chi connectivity index (χ1v) is 7.00. The lowest BCUT2D eigenvalue weighted by Crippen LogP contribution is -2.31. The molecule has 1 aliphatic rings. The summed E-state index contributed by atoms with van der Waals surface area (Å²) in [6, 6.07) is 7.18. The van der Waals surface area contributed by atoms with E-state index >= 15 is 0 Å². The van der Waals surface area contributed by atoms with Crippen molar-refractivity contribution >= 4 is 5.91 Å². The minimum atomic E-state index is -0.118. The predicted octanol–water partition coefficient (Wildman–Crippen LogP) is 1.28. The summed E-state index contributed by atoms with van der Waals surface area (Å²) in [6.07, 6.45) is 1.96. The fraction of sp³-hybridized carbons (Fsp3) is 0.400. The van der Waals surface area contributed by atoms with Crippen molar-refractivity contribution in [3.8, 4) is 11.4 Å². The molecule has 3 N–H and O–H groups in total. The first kappa shape index (κ1) is 13.8. The van der Waals surface area contributed by atoms with Crippen LogP contribution in [0.1, 0.15) is 29.0 Å². The minimum absolute atomic E-state index is 0.0773. The van der Waals surface area contributed by atoms with Gasteiger partial charge in [-0.2, -0.15) is 5.10 Å². The molecule has 1 aromatic carbocycles. The minimum Gasteiger partial charge on any atom is -0.396 e. The van der Waals surface area contributed by atoms with Crippen molar-refractivity contribution in [1.82, 2.24) is 20.5 Å². The van der Waals surface area contributed by atoms with Gasteiger partial charge in [-0.05, 0) is 31.9 Å². The molecule has 110 valence electrons. The Labute approximate surface area is 122 Å². The smallest absolute Gasteiger partial charge is 0.251 e. The molecule has 21 heavy (non-hydrogen) atoms. The van der Waals surface area contributed by atoms with Crippen LogP contribution in [0, 0.1) is 12.3 Å². The van der Waals surface area contributed by atoms with Crippen LogP contribution in [0.25, 0.3) is 11.4 Å². The second-order valence-electron chi connectivity index (χ2n) is 5.66. The van der Waals surface area contributed by atoms with Gasteiger partial charge in [0, 0.05) is 23.1 Å². The normalized spacial score (nSPS) is 15.7. The molecule has 0 bridgehead atoms. The molecule has 0 aliphatic heterocycles. The molecule has 0 unspecified atom stereocenters. The van der Waals surface area contributed by atoms with E-state index in [1.165, 1.54) is 0 Å². The highest BCUT2D eigenvalue weighted by molar-refractivity contribution is 5.94. The number of benzene rings is 1. The number of hydrogen-bond donors (Lipinski definition) is 3. The number of amides is 1. The maximum atomic E-state index is 12.1. The molecule has 1 heterocycles. The molecule has 1 amide bonds. The van der Waals surface area contributed by atoms with Crippen LogP contribution < -0.4 is 5.32 Å². The highest BCUT2D eigenvalue weighted by atomic mass is 16.3. The van der Waals surface area contributed by atoms with E-state index in [0.29, 0.717) is 17.9 Å². The molecule has 6 nitrogen and oxygen atoms in total. The van der Waals surface area contributed by atoms with E-state index in [1.54, 1.807) is 12.1 Å². The Bertz CT molecular complexity index is 644. The fourth-order valence-corrected chi connectivity index (χ4v) is 2.18. The van der Waals surface area contributed by atoms with E-state index < -0.39 is 0 Å². The van der Waals surface area contributed by atoms with Crippen LogP contribution in [0.5, 0.6) is 0 Å². The molecule has 2 aromatic rings. The maximum absolute atomic E-state index is 12.1. The van der Waals surface area contributed by atoms with Crippen LogP contribution in [0.15, 0.2) is 24.3 Å². The van der Waals surface area contributed by atoms with Gasteiger partial charge in [-0.1, -0.05) is 12.1 Å². The summed E-state index contributed by atoms with van der Waals surface area (Å²) < 4.78 is 0. The van der Waals surface area contributed by atoms with Crippen LogP contribution in [0.4, 0.5) is 0 Å². The van der Waals surface area contributed by atoms with Crippen LogP contribution in [-0.4, -0.2) is 39.3 Å². The molecular weight excluding hydrogens is 268 g/mol. The zero-order chi connectivity index (χ0) is 14.9. The van der Waals surface area contributed by atoms with E-state index in [9.17, 15) is 9.90 Å². The molecule has 0 spiro atoms. The number of aryl methyl sites for hydroxylation is 1. The lowest BCUT2D eigenvalue weighted by atomic mass is 10.1. The largest absolute Gasteiger partial charge is 0.396 e. The third-order valence-corrected chi connectivity index (χ3v) is 3.92. The molecule has 1 fully saturated rings. The summed E-state index contributed by atoms with van der Waals surface area (Å²) in [6.45, 7) is 2.51. The van der Waals surface area contributed by atoms with Crippen molar-refractivity contribution in [1.29, 1.82) is 0 Å². The highest BCUT2D eigenvalue weighted by Crippen LogP contribution is 2.44. The first-order chi connectivity index (χ1) is 10.1. The number of rotatable bonds is 5. The summed E-state index contributed by atoms with van der Waals surface area (Å²) in [4.78, 5) is 16.3. The van der Waals surface area contributed by atoms with Crippen molar-refractivity contribution in [2.24, 2.45) is 5.41 Å². The van der Waals surface area contributed by atoms with Gasteiger partial charge in [0.1, 0.15) is 5.82 Å². The van der Waals surface area contributed by atoms with Gasteiger partial charge < -0.3 is 10.4 Å². The molecule has 1 aliphatic carbocycles. The lowest BCUT2D eigenvalue weighted by Gasteiger charge is -2.12. The zero-order valence-corrected chi connectivity index (χ0v) is 11.9. The Morgan fingerprint density at radius 2 is 2.10 bits per heavy atom. The Morgan fingerprint density at radius 3 is 2.62 bits per heavy atom. The number of nitrogens with zero attached hydrogens (tertiary/aromatic N) is 2. The molecule has 0 atom stereocenters. The van der Waals surface area contributed by atoms with Crippen LogP contribution >= 0.6 is 0 Å².